The molecular formula is C18H21FN2O. The van der Waals surface area contributed by atoms with Crippen molar-refractivity contribution in [2.45, 2.75) is 13.0 Å². The summed E-state index contributed by atoms with van der Waals surface area (Å²) < 4.78 is 13.0. The number of amides is 1. The average molecular weight is 300 g/mol. The first-order valence-electron chi connectivity index (χ1n) is 7.20. The molecule has 1 amide bonds. The van der Waals surface area contributed by atoms with Crippen LogP contribution in [0.3, 0.4) is 0 Å². The molecule has 4 heteroatoms. The average Bonchev–Trinajstić information content (AvgIpc) is 2.53. The van der Waals surface area contributed by atoms with Crippen LogP contribution in [0, 0.1) is 5.82 Å². The number of halogens is 1. The first kappa shape index (κ1) is 16.0. The van der Waals surface area contributed by atoms with Crippen molar-refractivity contribution in [1.82, 2.24) is 4.90 Å². The summed E-state index contributed by atoms with van der Waals surface area (Å²) >= 11 is 0. The van der Waals surface area contributed by atoms with Gasteiger partial charge in [-0.25, -0.2) is 4.39 Å². The van der Waals surface area contributed by atoms with Gasteiger partial charge in [-0.05, 0) is 42.8 Å². The van der Waals surface area contributed by atoms with Crippen LogP contribution in [-0.2, 0) is 0 Å². The Hall–Kier alpha value is -2.36. The standard InChI is InChI=1S/C18H21FN2O/c1-13(14-8-10-16(19)11-9-14)21(4)18(22)15-6-5-7-17(12-15)20(2)3/h5-13H,1-4H3. The van der Waals surface area contributed by atoms with E-state index >= 15 is 0 Å². The van der Waals surface area contributed by atoms with Crippen LogP contribution in [0.25, 0.3) is 0 Å². The van der Waals surface area contributed by atoms with Gasteiger partial charge < -0.3 is 9.80 Å². The monoisotopic (exact) mass is 300 g/mol. The SMILES string of the molecule is CC(c1ccc(F)cc1)N(C)C(=O)c1cccc(N(C)C)c1. The zero-order chi connectivity index (χ0) is 16.3. The predicted octanol–water partition coefficient (Wildman–Crippen LogP) is 3.72. The summed E-state index contributed by atoms with van der Waals surface area (Å²) in [7, 11) is 5.64. The van der Waals surface area contributed by atoms with Gasteiger partial charge in [-0.2, -0.15) is 0 Å². The Morgan fingerprint density at radius 3 is 2.27 bits per heavy atom. The summed E-state index contributed by atoms with van der Waals surface area (Å²) in [5.74, 6) is -0.330. The van der Waals surface area contributed by atoms with E-state index in [4.69, 9.17) is 0 Å². The molecule has 2 aromatic rings. The Kier molecular flexibility index (Phi) is 4.81. The van der Waals surface area contributed by atoms with Gasteiger partial charge in [0.05, 0.1) is 6.04 Å². The summed E-state index contributed by atoms with van der Waals surface area (Å²) in [6.45, 7) is 1.93. The van der Waals surface area contributed by atoms with Gasteiger partial charge in [0.25, 0.3) is 5.91 Å². The van der Waals surface area contributed by atoms with Crippen molar-refractivity contribution in [2.75, 3.05) is 26.0 Å². The molecule has 0 bridgehead atoms. The molecule has 0 heterocycles. The van der Waals surface area contributed by atoms with Crippen LogP contribution in [0.1, 0.15) is 28.9 Å². The third kappa shape index (κ3) is 3.45. The third-order valence-electron chi connectivity index (χ3n) is 3.86. The van der Waals surface area contributed by atoms with E-state index in [-0.39, 0.29) is 17.8 Å². The van der Waals surface area contributed by atoms with Crippen LogP contribution in [-0.4, -0.2) is 32.0 Å². The molecule has 0 aromatic heterocycles. The second-order valence-corrected chi connectivity index (χ2v) is 5.59. The first-order chi connectivity index (χ1) is 10.4. The zero-order valence-corrected chi connectivity index (χ0v) is 13.4. The van der Waals surface area contributed by atoms with E-state index in [1.807, 2.05) is 50.2 Å². The summed E-state index contributed by atoms with van der Waals surface area (Å²) in [5, 5.41) is 0. The van der Waals surface area contributed by atoms with Crippen molar-refractivity contribution in [3.63, 3.8) is 0 Å². The first-order valence-corrected chi connectivity index (χ1v) is 7.20. The lowest BCUT2D eigenvalue weighted by atomic mass is 10.1. The highest BCUT2D eigenvalue weighted by atomic mass is 19.1. The quantitative estimate of drug-likeness (QED) is 0.859. The Balaban J connectivity index is 2.21. The van der Waals surface area contributed by atoms with Gasteiger partial charge in [0.2, 0.25) is 0 Å². The van der Waals surface area contributed by atoms with Crippen molar-refractivity contribution in [3.8, 4) is 0 Å². The summed E-state index contributed by atoms with van der Waals surface area (Å²) in [4.78, 5) is 16.3. The molecule has 0 fully saturated rings. The Labute approximate surface area is 131 Å². The molecule has 3 nitrogen and oxygen atoms in total. The van der Waals surface area contributed by atoms with Crippen LogP contribution < -0.4 is 4.90 Å². The maximum Gasteiger partial charge on any atom is 0.254 e. The number of nitrogens with zero attached hydrogens (tertiary/aromatic N) is 2. The summed E-state index contributed by atoms with van der Waals surface area (Å²) in [6, 6.07) is 13.6. The zero-order valence-electron chi connectivity index (χ0n) is 13.4. The molecule has 1 unspecified atom stereocenters. The normalized spacial score (nSPS) is 11.9. The van der Waals surface area contributed by atoms with E-state index in [0.29, 0.717) is 5.56 Å². The molecule has 22 heavy (non-hydrogen) atoms. The molecule has 2 aromatic carbocycles. The molecule has 0 N–H and O–H groups in total. The van der Waals surface area contributed by atoms with Gasteiger partial charge in [0.1, 0.15) is 5.82 Å². The fraction of sp³-hybridized carbons (Fsp3) is 0.278. The van der Waals surface area contributed by atoms with Crippen LogP contribution in [0.15, 0.2) is 48.5 Å². The maximum atomic E-state index is 13.0. The van der Waals surface area contributed by atoms with Gasteiger partial charge >= 0.3 is 0 Å². The van der Waals surface area contributed by atoms with E-state index in [1.54, 1.807) is 24.1 Å². The van der Waals surface area contributed by atoms with Crippen molar-refractivity contribution in [2.24, 2.45) is 0 Å². The number of anilines is 1. The molecule has 0 spiro atoms. The molecular weight excluding hydrogens is 279 g/mol. The van der Waals surface area contributed by atoms with E-state index in [1.165, 1.54) is 12.1 Å². The van der Waals surface area contributed by atoms with Gasteiger partial charge in [-0.15, -0.1) is 0 Å². The van der Waals surface area contributed by atoms with Crippen LogP contribution in [0.4, 0.5) is 10.1 Å². The fourth-order valence-corrected chi connectivity index (χ4v) is 2.26. The fourth-order valence-electron chi connectivity index (χ4n) is 2.26. The molecule has 0 radical (unpaired) electrons. The number of benzene rings is 2. The molecule has 0 aliphatic heterocycles. The van der Waals surface area contributed by atoms with Gasteiger partial charge in [-0.3, -0.25) is 4.79 Å². The van der Waals surface area contributed by atoms with Crippen LogP contribution in [0.5, 0.6) is 0 Å². The lowest BCUT2D eigenvalue weighted by Gasteiger charge is -2.26. The Morgan fingerprint density at radius 2 is 1.68 bits per heavy atom. The van der Waals surface area contributed by atoms with Crippen LogP contribution >= 0.6 is 0 Å². The predicted molar refractivity (Wildman–Crippen MR) is 87.7 cm³/mol. The lowest BCUT2D eigenvalue weighted by Crippen LogP contribution is -2.29. The smallest absolute Gasteiger partial charge is 0.254 e. The number of hydrogen-bond donors (Lipinski definition) is 0. The molecule has 2 rings (SSSR count). The molecule has 116 valence electrons. The van der Waals surface area contributed by atoms with Crippen LogP contribution in [0.2, 0.25) is 0 Å². The topological polar surface area (TPSA) is 23.6 Å². The highest BCUT2D eigenvalue weighted by Gasteiger charge is 2.19. The maximum absolute atomic E-state index is 13.0. The van der Waals surface area contributed by atoms with E-state index in [9.17, 15) is 9.18 Å². The number of carbonyl (C=O) groups is 1. The summed E-state index contributed by atoms with van der Waals surface area (Å²) in [5.41, 5.74) is 2.53. The van der Waals surface area contributed by atoms with Gasteiger partial charge in [0, 0.05) is 32.4 Å². The highest BCUT2D eigenvalue weighted by molar-refractivity contribution is 5.95. The van der Waals surface area contributed by atoms with E-state index in [0.717, 1.165) is 11.3 Å². The Morgan fingerprint density at radius 1 is 1.05 bits per heavy atom. The minimum absolute atomic E-state index is 0.0551. The highest BCUT2D eigenvalue weighted by Crippen LogP contribution is 2.22. The van der Waals surface area contributed by atoms with Gasteiger partial charge in [-0.1, -0.05) is 18.2 Å². The minimum Gasteiger partial charge on any atom is -0.378 e. The van der Waals surface area contributed by atoms with Crippen molar-refractivity contribution in [3.05, 3.63) is 65.5 Å². The largest absolute Gasteiger partial charge is 0.378 e. The second-order valence-electron chi connectivity index (χ2n) is 5.59. The molecule has 0 aliphatic carbocycles. The lowest BCUT2D eigenvalue weighted by molar-refractivity contribution is 0.0742. The third-order valence-corrected chi connectivity index (χ3v) is 3.86. The Bertz CT molecular complexity index is 652. The molecule has 0 saturated carbocycles. The molecule has 0 aliphatic rings. The summed E-state index contributed by atoms with van der Waals surface area (Å²) in [6.07, 6.45) is 0. The van der Waals surface area contributed by atoms with E-state index in [2.05, 4.69) is 0 Å². The van der Waals surface area contributed by atoms with E-state index < -0.39 is 0 Å². The minimum atomic E-state index is -0.274. The second kappa shape index (κ2) is 6.60. The van der Waals surface area contributed by atoms with Crippen molar-refractivity contribution in [1.29, 1.82) is 0 Å². The number of rotatable bonds is 4. The molecule has 1 atom stereocenters. The molecule has 0 saturated heterocycles. The van der Waals surface area contributed by atoms with Crippen molar-refractivity contribution >= 4 is 11.6 Å². The van der Waals surface area contributed by atoms with Crippen molar-refractivity contribution < 1.29 is 9.18 Å². The number of carbonyl (C=O) groups excluding carboxylic acids is 1. The van der Waals surface area contributed by atoms with Gasteiger partial charge in [0.15, 0.2) is 0 Å². The number of hydrogen-bond acceptors (Lipinski definition) is 2.